The van der Waals surface area contributed by atoms with Gasteiger partial charge in [-0.15, -0.1) is 0 Å². The first kappa shape index (κ1) is 15.6. The van der Waals surface area contributed by atoms with Gasteiger partial charge in [0.2, 0.25) is 0 Å². The molecule has 0 aliphatic heterocycles. The number of hydrogen-bond donors (Lipinski definition) is 0. The maximum atomic E-state index is 13.3. The number of pyridine rings is 1. The van der Waals surface area contributed by atoms with E-state index in [1.54, 1.807) is 0 Å². The van der Waals surface area contributed by atoms with Crippen molar-refractivity contribution in [2.75, 3.05) is 13.1 Å². The van der Waals surface area contributed by atoms with E-state index in [-0.39, 0.29) is 5.91 Å². The molecular weight excluding hydrogens is 300 g/mol. The molecule has 1 amide bonds. The normalized spacial score (nSPS) is 17.5. The summed E-state index contributed by atoms with van der Waals surface area (Å²) in [7, 11) is 1.92. The number of carbonyl (C=O) groups is 1. The topological polar surface area (TPSA) is 51.0 Å². The molecule has 4 rings (SSSR count). The highest BCUT2D eigenvalue weighted by Gasteiger charge is 2.31. The van der Waals surface area contributed by atoms with E-state index in [1.807, 2.05) is 24.7 Å². The number of nitrogens with zero attached hydrogens (tertiary/aromatic N) is 4. The lowest BCUT2D eigenvalue weighted by Gasteiger charge is -2.23. The van der Waals surface area contributed by atoms with Crippen molar-refractivity contribution >= 4 is 16.9 Å². The van der Waals surface area contributed by atoms with Gasteiger partial charge in [-0.25, -0.2) is 4.98 Å². The van der Waals surface area contributed by atoms with Crippen molar-refractivity contribution in [3.05, 3.63) is 23.0 Å². The Kier molecular flexibility index (Phi) is 3.82. The first-order valence-corrected chi connectivity index (χ1v) is 9.22. The summed E-state index contributed by atoms with van der Waals surface area (Å²) < 4.78 is 1.82. The molecule has 0 bridgehead atoms. The quantitative estimate of drug-likeness (QED) is 0.817. The van der Waals surface area contributed by atoms with Crippen LogP contribution in [-0.2, 0) is 7.05 Å². The second-order valence-electron chi connectivity index (χ2n) is 7.47. The van der Waals surface area contributed by atoms with Gasteiger partial charge in [-0.2, -0.15) is 5.10 Å². The van der Waals surface area contributed by atoms with Gasteiger partial charge in [0.25, 0.3) is 5.91 Å². The fraction of sp³-hybridized carbons (Fsp3) is 0.632. The predicted molar refractivity (Wildman–Crippen MR) is 94.1 cm³/mol. The first-order chi connectivity index (χ1) is 11.6. The van der Waals surface area contributed by atoms with Gasteiger partial charge in [0, 0.05) is 31.7 Å². The highest BCUT2D eigenvalue weighted by atomic mass is 16.2. The highest BCUT2D eigenvalue weighted by Crippen LogP contribution is 2.40. The van der Waals surface area contributed by atoms with Gasteiger partial charge in [-0.3, -0.25) is 9.48 Å². The van der Waals surface area contributed by atoms with Crippen LogP contribution in [0.25, 0.3) is 11.0 Å². The van der Waals surface area contributed by atoms with Crippen LogP contribution in [0.4, 0.5) is 0 Å². The van der Waals surface area contributed by atoms with Crippen LogP contribution in [0.5, 0.6) is 0 Å². The molecule has 2 aromatic rings. The number of rotatable bonds is 6. The Labute approximate surface area is 143 Å². The monoisotopic (exact) mass is 326 g/mol. The van der Waals surface area contributed by atoms with Gasteiger partial charge < -0.3 is 4.90 Å². The lowest BCUT2D eigenvalue weighted by molar-refractivity contribution is 0.0749. The third-order valence-electron chi connectivity index (χ3n) is 5.17. The summed E-state index contributed by atoms with van der Waals surface area (Å²) in [6, 6.07) is 2.05. The minimum Gasteiger partial charge on any atom is -0.338 e. The summed E-state index contributed by atoms with van der Waals surface area (Å²) in [6.07, 6.45) is 5.89. The maximum absolute atomic E-state index is 13.3. The molecule has 2 aliphatic carbocycles. The summed E-state index contributed by atoms with van der Waals surface area (Å²) in [4.78, 5) is 20.2. The lowest BCUT2D eigenvalue weighted by atomic mass is 10.1. The van der Waals surface area contributed by atoms with Crippen molar-refractivity contribution in [3.63, 3.8) is 0 Å². The summed E-state index contributed by atoms with van der Waals surface area (Å²) in [5.41, 5.74) is 3.62. The number of carbonyl (C=O) groups excluding carboxylic acids is 1. The molecule has 2 aliphatic rings. The molecule has 0 spiro atoms. The molecule has 2 aromatic heterocycles. The predicted octanol–water partition coefficient (Wildman–Crippen LogP) is 3.42. The minimum atomic E-state index is 0.161. The van der Waals surface area contributed by atoms with Gasteiger partial charge in [0.1, 0.15) is 0 Å². The van der Waals surface area contributed by atoms with Crippen LogP contribution in [0.15, 0.2) is 6.07 Å². The Balaban J connectivity index is 1.79. The smallest absolute Gasteiger partial charge is 0.254 e. The van der Waals surface area contributed by atoms with E-state index in [0.717, 1.165) is 47.5 Å². The number of amides is 1. The Morgan fingerprint density at radius 1 is 1.33 bits per heavy atom. The van der Waals surface area contributed by atoms with E-state index in [2.05, 4.69) is 16.9 Å². The lowest BCUT2D eigenvalue weighted by Crippen LogP contribution is -2.34. The van der Waals surface area contributed by atoms with E-state index in [1.165, 1.54) is 25.7 Å². The maximum Gasteiger partial charge on any atom is 0.254 e. The zero-order chi connectivity index (χ0) is 16.8. The Morgan fingerprint density at radius 2 is 2.08 bits per heavy atom. The van der Waals surface area contributed by atoms with Crippen molar-refractivity contribution in [2.45, 2.75) is 51.9 Å². The SMILES string of the molecule is CCCN(CC1CC1)C(=O)c1cc(C2CC2)nc2c1c(C)nn2C. The van der Waals surface area contributed by atoms with E-state index in [0.29, 0.717) is 11.8 Å². The molecule has 5 nitrogen and oxygen atoms in total. The van der Waals surface area contributed by atoms with Crippen molar-refractivity contribution < 1.29 is 4.79 Å². The molecule has 2 heterocycles. The number of hydrogen-bond acceptors (Lipinski definition) is 3. The average Bonchev–Trinajstić information content (AvgIpc) is 3.45. The summed E-state index contributed by atoms with van der Waals surface area (Å²) >= 11 is 0. The molecule has 0 saturated heterocycles. The Morgan fingerprint density at radius 3 is 2.71 bits per heavy atom. The second kappa shape index (κ2) is 5.87. The molecule has 24 heavy (non-hydrogen) atoms. The third-order valence-corrected chi connectivity index (χ3v) is 5.17. The fourth-order valence-electron chi connectivity index (χ4n) is 3.55. The van der Waals surface area contributed by atoms with E-state index < -0.39 is 0 Å². The van der Waals surface area contributed by atoms with Crippen molar-refractivity contribution in [2.24, 2.45) is 13.0 Å². The number of aromatic nitrogens is 3. The van der Waals surface area contributed by atoms with E-state index >= 15 is 0 Å². The highest BCUT2D eigenvalue weighted by molar-refractivity contribution is 6.06. The molecule has 0 radical (unpaired) electrons. The summed E-state index contributed by atoms with van der Waals surface area (Å²) in [5, 5.41) is 5.45. The van der Waals surface area contributed by atoms with Crippen molar-refractivity contribution in [3.8, 4) is 0 Å². The number of fused-ring (bicyclic) bond motifs is 1. The molecule has 128 valence electrons. The molecule has 0 atom stereocenters. The van der Waals surface area contributed by atoms with E-state index in [9.17, 15) is 4.79 Å². The van der Waals surface area contributed by atoms with Crippen LogP contribution in [0.2, 0.25) is 0 Å². The third kappa shape index (κ3) is 2.80. The molecule has 5 heteroatoms. The summed E-state index contributed by atoms with van der Waals surface area (Å²) in [5.74, 6) is 1.39. The van der Waals surface area contributed by atoms with Gasteiger partial charge >= 0.3 is 0 Å². The van der Waals surface area contributed by atoms with Crippen LogP contribution in [0, 0.1) is 12.8 Å². The van der Waals surface area contributed by atoms with Crippen LogP contribution in [0.1, 0.15) is 66.7 Å². The van der Waals surface area contributed by atoms with Gasteiger partial charge in [0.05, 0.1) is 16.6 Å². The largest absolute Gasteiger partial charge is 0.338 e. The molecule has 2 saturated carbocycles. The fourth-order valence-corrected chi connectivity index (χ4v) is 3.55. The van der Waals surface area contributed by atoms with Crippen molar-refractivity contribution in [1.29, 1.82) is 0 Å². The summed E-state index contributed by atoms with van der Waals surface area (Å²) in [6.45, 7) is 5.84. The van der Waals surface area contributed by atoms with Crippen molar-refractivity contribution in [1.82, 2.24) is 19.7 Å². The van der Waals surface area contributed by atoms with Crippen LogP contribution < -0.4 is 0 Å². The molecule has 2 fully saturated rings. The van der Waals surface area contributed by atoms with Gasteiger partial charge in [-0.1, -0.05) is 6.92 Å². The second-order valence-corrected chi connectivity index (χ2v) is 7.47. The minimum absolute atomic E-state index is 0.161. The number of aryl methyl sites for hydroxylation is 2. The zero-order valence-corrected chi connectivity index (χ0v) is 14.9. The van der Waals surface area contributed by atoms with Crippen LogP contribution >= 0.6 is 0 Å². The Bertz CT molecular complexity index is 786. The molecule has 0 unspecified atom stereocenters. The zero-order valence-electron chi connectivity index (χ0n) is 14.9. The molecule has 0 N–H and O–H groups in total. The standard InChI is InChI=1S/C19H26N4O/c1-4-9-23(11-13-5-6-13)19(24)15-10-16(14-7-8-14)20-18-17(15)12(2)21-22(18)3/h10,13-14H,4-9,11H2,1-3H3. The average molecular weight is 326 g/mol. The van der Waals surface area contributed by atoms with E-state index in [4.69, 9.17) is 4.98 Å². The van der Waals surface area contributed by atoms with Crippen LogP contribution in [-0.4, -0.2) is 38.7 Å². The first-order valence-electron chi connectivity index (χ1n) is 9.22. The van der Waals surface area contributed by atoms with Gasteiger partial charge in [0.15, 0.2) is 5.65 Å². The Hall–Kier alpha value is -1.91. The molecular formula is C19H26N4O. The van der Waals surface area contributed by atoms with Gasteiger partial charge in [-0.05, 0) is 51.0 Å². The molecule has 0 aromatic carbocycles. The van der Waals surface area contributed by atoms with Crippen LogP contribution in [0.3, 0.4) is 0 Å².